The standard InChI is InChI=1S/C22H20ClFN2O5S/c1-26(16-7-4-14(24)5-8-16)32(28,29)17-9-10-19(23)18(13-17)22(27)25-15-6-11-20(30-2)21(12-15)31-3/h4-13H,1-3H3,(H,25,27). The number of rotatable bonds is 7. The summed E-state index contributed by atoms with van der Waals surface area (Å²) in [6.07, 6.45) is 0. The van der Waals surface area contributed by atoms with Gasteiger partial charge in [-0.3, -0.25) is 9.10 Å². The zero-order valence-electron chi connectivity index (χ0n) is 17.4. The van der Waals surface area contributed by atoms with Crippen LogP contribution in [0.5, 0.6) is 11.5 Å². The van der Waals surface area contributed by atoms with Crippen molar-refractivity contribution in [3.8, 4) is 11.5 Å². The molecule has 0 unspecified atom stereocenters. The zero-order chi connectivity index (χ0) is 23.5. The fourth-order valence-electron chi connectivity index (χ4n) is 2.90. The van der Waals surface area contributed by atoms with Crippen molar-refractivity contribution in [2.45, 2.75) is 4.90 Å². The van der Waals surface area contributed by atoms with Crippen LogP contribution in [-0.4, -0.2) is 35.6 Å². The lowest BCUT2D eigenvalue weighted by atomic mass is 10.2. The normalized spacial score (nSPS) is 11.0. The number of benzene rings is 3. The van der Waals surface area contributed by atoms with Crippen LogP contribution in [0, 0.1) is 5.82 Å². The van der Waals surface area contributed by atoms with Crippen molar-refractivity contribution >= 4 is 38.9 Å². The van der Waals surface area contributed by atoms with E-state index in [0.717, 1.165) is 16.4 Å². The maximum atomic E-state index is 13.2. The number of nitrogens with zero attached hydrogens (tertiary/aromatic N) is 1. The number of anilines is 2. The number of hydrogen-bond acceptors (Lipinski definition) is 5. The summed E-state index contributed by atoms with van der Waals surface area (Å²) in [6.45, 7) is 0. The third-order valence-corrected chi connectivity index (χ3v) is 6.78. The summed E-state index contributed by atoms with van der Waals surface area (Å²) in [5.74, 6) is -0.196. The minimum Gasteiger partial charge on any atom is -0.493 e. The highest BCUT2D eigenvalue weighted by molar-refractivity contribution is 7.92. The number of sulfonamides is 1. The van der Waals surface area contributed by atoms with Crippen LogP contribution in [0.2, 0.25) is 5.02 Å². The first-order valence-corrected chi connectivity index (χ1v) is 11.1. The quantitative estimate of drug-likeness (QED) is 0.537. The SMILES string of the molecule is COc1ccc(NC(=O)c2cc(S(=O)(=O)N(C)c3ccc(F)cc3)ccc2Cl)cc1OC. The summed E-state index contributed by atoms with van der Waals surface area (Å²) in [6, 6.07) is 13.6. The number of halogens is 2. The molecule has 0 bridgehead atoms. The Morgan fingerprint density at radius 1 is 0.969 bits per heavy atom. The van der Waals surface area contributed by atoms with Gasteiger partial charge in [0.2, 0.25) is 0 Å². The summed E-state index contributed by atoms with van der Waals surface area (Å²) in [7, 11) is 0.255. The molecule has 0 aromatic heterocycles. The molecule has 0 spiro atoms. The van der Waals surface area contributed by atoms with Gasteiger partial charge < -0.3 is 14.8 Å². The Labute approximate surface area is 190 Å². The molecule has 7 nitrogen and oxygen atoms in total. The maximum Gasteiger partial charge on any atom is 0.264 e. The molecule has 10 heteroatoms. The molecule has 1 N–H and O–H groups in total. The Bertz CT molecular complexity index is 1250. The average molecular weight is 479 g/mol. The van der Waals surface area contributed by atoms with Crippen LogP contribution in [0.1, 0.15) is 10.4 Å². The molecule has 3 aromatic carbocycles. The first-order valence-electron chi connectivity index (χ1n) is 9.25. The molecule has 0 aliphatic rings. The Hall–Kier alpha value is -3.30. The Balaban J connectivity index is 1.91. The van der Waals surface area contributed by atoms with E-state index in [1.54, 1.807) is 18.2 Å². The van der Waals surface area contributed by atoms with Crippen LogP contribution >= 0.6 is 11.6 Å². The third-order valence-electron chi connectivity index (χ3n) is 4.67. The van der Waals surface area contributed by atoms with E-state index in [-0.39, 0.29) is 21.2 Å². The van der Waals surface area contributed by atoms with Crippen LogP contribution in [0.4, 0.5) is 15.8 Å². The lowest BCUT2D eigenvalue weighted by Crippen LogP contribution is -2.27. The minimum absolute atomic E-state index is 0.0324. The first kappa shape index (κ1) is 23.4. The molecule has 0 heterocycles. The van der Waals surface area contributed by atoms with Crippen molar-refractivity contribution in [3.05, 3.63) is 77.1 Å². The molecular formula is C22H20ClFN2O5S. The number of ether oxygens (including phenoxy) is 2. The second kappa shape index (κ2) is 9.46. The maximum absolute atomic E-state index is 13.2. The largest absolute Gasteiger partial charge is 0.493 e. The number of methoxy groups -OCH3 is 2. The molecule has 0 saturated carbocycles. The summed E-state index contributed by atoms with van der Waals surface area (Å²) in [5, 5.41) is 2.74. The molecule has 1 amide bonds. The van der Waals surface area contributed by atoms with Crippen molar-refractivity contribution in [3.63, 3.8) is 0 Å². The molecule has 168 valence electrons. The minimum atomic E-state index is -4.03. The Morgan fingerprint density at radius 2 is 1.62 bits per heavy atom. The van der Waals surface area contributed by atoms with Gasteiger partial charge in [-0.2, -0.15) is 0 Å². The van der Waals surface area contributed by atoms with Gasteiger partial charge in [0.1, 0.15) is 5.82 Å². The number of amides is 1. The van der Waals surface area contributed by atoms with E-state index in [1.807, 2.05) is 0 Å². The van der Waals surface area contributed by atoms with Gasteiger partial charge >= 0.3 is 0 Å². The topological polar surface area (TPSA) is 84.9 Å². The highest BCUT2D eigenvalue weighted by Gasteiger charge is 2.24. The molecule has 0 aliphatic carbocycles. The van der Waals surface area contributed by atoms with Crippen molar-refractivity contribution in [1.29, 1.82) is 0 Å². The van der Waals surface area contributed by atoms with Crippen molar-refractivity contribution in [2.75, 3.05) is 30.9 Å². The Morgan fingerprint density at radius 3 is 2.25 bits per heavy atom. The van der Waals surface area contributed by atoms with E-state index >= 15 is 0 Å². The smallest absolute Gasteiger partial charge is 0.264 e. The molecule has 0 saturated heterocycles. The highest BCUT2D eigenvalue weighted by Crippen LogP contribution is 2.31. The predicted molar refractivity (Wildman–Crippen MR) is 121 cm³/mol. The van der Waals surface area contributed by atoms with Crippen molar-refractivity contribution < 1.29 is 27.1 Å². The summed E-state index contributed by atoms with van der Waals surface area (Å²) in [4.78, 5) is 12.7. The number of carbonyl (C=O) groups excluding carboxylic acids is 1. The van der Waals surface area contributed by atoms with Crippen molar-refractivity contribution in [2.24, 2.45) is 0 Å². The number of nitrogens with one attached hydrogen (secondary N) is 1. The molecule has 32 heavy (non-hydrogen) atoms. The molecule has 3 rings (SSSR count). The lowest BCUT2D eigenvalue weighted by Gasteiger charge is -2.20. The third kappa shape index (κ3) is 4.79. The monoisotopic (exact) mass is 478 g/mol. The summed E-state index contributed by atoms with van der Waals surface area (Å²) >= 11 is 6.17. The zero-order valence-corrected chi connectivity index (χ0v) is 19.0. The fraction of sp³-hybridized carbons (Fsp3) is 0.136. The second-order valence-electron chi connectivity index (χ2n) is 6.61. The molecule has 3 aromatic rings. The molecule has 0 atom stereocenters. The van der Waals surface area contributed by atoms with Gasteiger partial charge in [-0.25, -0.2) is 12.8 Å². The number of carbonyl (C=O) groups is 1. The van der Waals surface area contributed by atoms with Gasteiger partial charge in [-0.05, 0) is 54.6 Å². The Kier molecular flexibility index (Phi) is 6.90. The molecule has 0 fully saturated rings. The van der Waals surface area contributed by atoms with Crippen molar-refractivity contribution in [1.82, 2.24) is 0 Å². The van der Waals surface area contributed by atoms with Crippen LogP contribution in [0.3, 0.4) is 0 Å². The van der Waals surface area contributed by atoms with E-state index < -0.39 is 21.7 Å². The van der Waals surface area contributed by atoms with Gasteiger partial charge in [-0.15, -0.1) is 0 Å². The van der Waals surface area contributed by atoms with Gasteiger partial charge in [0.05, 0.1) is 35.4 Å². The van der Waals surface area contributed by atoms with Crippen LogP contribution in [0.25, 0.3) is 0 Å². The van der Waals surface area contributed by atoms with E-state index in [0.29, 0.717) is 17.2 Å². The molecular weight excluding hydrogens is 459 g/mol. The predicted octanol–water partition coefficient (Wildman–Crippen LogP) is 4.57. The first-order chi connectivity index (χ1) is 15.2. The van der Waals surface area contributed by atoms with Crippen LogP contribution in [-0.2, 0) is 10.0 Å². The molecule has 0 radical (unpaired) electrons. The lowest BCUT2D eigenvalue weighted by molar-refractivity contribution is 0.102. The van der Waals surface area contributed by atoms with Gasteiger partial charge in [-0.1, -0.05) is 11.6 Å². The fourth-order valence-corrected chi connectivity index (χ4v) is 4.32. The van der Waals surface area contributed by atoms with E-state index in [4.69, 9.17) is 21.1 Å². The van der Waals surface area contributed by atoms with E-state index in [1.165, 1.54) is 51.6 Å². The average Bonchev–Trinajstić information content (AvgIpc) is 2.79. The van der Waals surface area contributed by atoms with Crippen LogP contribution < -0.4 is 19.1 Å². The van der Waals surface area contributed by atoms with Gasteiger partial charge in [0.25, 0.3) is 15.9 Å². The summed E-state index contributed by atoms with van der Waals surface area (Å²) < 4.78 is 50.6. The second-order valence-corrected chi connectivity index (χ2v) is 8.99. The molecule has 0 aliphatic heterocycles. The van der Waals surface area contributed by atoms with Crippen LogP contribution in [0.15, 0.2) is 65.6 Å². The summed E-state index contributed by atoms with van der Waals surface area (Å²) in [5.41, 5.74) is 0.633. The van der Waals surface area contributed by atoms with Gasteiger partial charge in [0.15, 0.2) is 11.5 Å². The number of hydrogen-bond donors (Lipinski definition) is 1. The van der Waals surface area contributed by atoms with E-state index in [2.05, 4.69) is 5.32 Å². The van der Waals surface area contributed by atoms with E-state index in [9.17, 15) is 17.6 Å². The van der Waals surface area contributed by atoms with Gasteiger partial charge in [0, 0.05) is 18.8 Å². The highest BCUT2D eigenvalue weighted by atomic mass is 35.5.